The molecule has 38 heavy (non-hydrogen) atoms. The van der Waals surface area contributed by atoms with E-state index < -0.39 is 0 Å². The number of aromatic nitrogens is 1. The van der Waals surface area contributed by atoms with Crippen LogP contribution in [0.15, 0.2) is 101 Å². The molecule has 0 N–H and O–H groups in total. The average Bonchev–Trinajstić information content (AvgIpc) is 3.50. The van der Waals surface area contributed by atoms with Crippen molar-refractivity contribution in [3.63, 3.8) is 0 Å². The number of fused-ring (bicyclic) bond motifs is 6. The molecule has 2 heterocycles. The lowest BCUT2D eigenvalue weighted by Gasteiger charge is -2.16. The molecule has 5 aromatic carbocycles. The maximum absolute atomic E-state index is 10.2. The molecule has 7 rings (SSSR count). The quantitative estimate of drug-likeness (QED) is 0.249. The number of nitrogens with zero attached hydrogens (tertiary/aromatic N) is 4. The van der Waals surface area contributed by atoms with Gasteiger partial charge in [0.15, 0.2) is 0 Å². The first kappa shape index (κ1) is 21.5. The molecule has 0 amide bonds. The van der Waals surface area contributed by atoms with E-state index in [0.29, 0.717) is 16.7 Å². The molecule has 174 valence electrons. The van der Waals surface area contributed by atoms with E-state index in [2.05, 4.69) is 28.8 Å². The van der Waals surface area contributed by atoms with Crippen LogP contribution in [0.3, 0.4) is 0 Å². The van der Waals surface area contributed by atoms with E-state index >= 15 is 0 Å². The van der Waals surface area contributed by atoms with Crippen LogP contribution in [0.5, 0.6) is 0 Å². The van der Waals surface area contributed by atoms with Crippen molar-refractivity contribution in [3.8, 4) is 35.0 Å². The summed E-state index contributed by atoms with van der Waals surface area (Å²) < 4.78 is 8.15. The Hall–Kier alpha value is -5.83. The van der Waals surface area contributed by atoms with E-state index in [0.717, 1.165) is 60.6 Å². The Kier molecular flexibility index (Phi) is 4.57. The monoisotopic (exact) mass is 484 g/mol. The zero-order chi connectivity index (χ0) is 25.8. The molecule has 0 fully saturated rings. The van der Waals surface area contributed by atoms with Gasteiger partial charge in [-0.25, -0.2) is 0 Å². The van der Waals surface area contributed by atoms with Crippen molar-refractivity contribution in [1.29, 1.82) is 15.8 Å². The van der Waals surface area contributed by atoms with Gasteiger partial charge < -0.3 is 8.98 Å². The summed E-state index contributed by atoms with van der Waals surface area (Å²) in [6.07, 6.45) is 0. The lowest BCUT2D eigenvalue weighted by Crippen LogP contribution is -2.00. The van der Waals surface area contributed by atoms with Crippen LogP contribution < -0.4 is 0 Å². The largest absolute Gasteiger partial charge is 0.456 e. The number of rotatable bonds is 2. The zero-order valence-electron chi connectivity index (χ0n) is 19.9. The van der Waals surface area contributed by atoms with Gasteiger partial charge in [-0.05, 0) is 66.2 Å². The van der Waals surface area contributed by atoms with E-state index in [1.807, 2.05) is 84.9 Å². The Morgan fingerprint density at radius 3 is 2.03 bits per heavy atom. The lowest BCUT2D eigenvalue weighted by molar-refractivity contribution is 0.669. The second kappa shape index (κ2) is 8.10. The highest BCUT2D eigenvalue weighted by Gasteiger charge is 2.20. The molecular weight excluding hydrogens is 468 g/mol. The minimum atomic E-state index is 0.540. The number of hydrogen-bond acceptors (Lipinski definition) is 4. The molecule has 0 spiro atoms. The van der Waals surface area contributed by atoms with Crippen LogP contribution in [0.1, 0.15) is 16.7 Å². The summed E-state index contributed by atoms with van der Waals surface area (Å²) in [5, 5.41) is 32.9. The third-order valence-corrected chi connectivity index (χ3v) is 7.09. The fourth-order valence-corrected chi connectivity index (χ4v) is 5.41. The lowest BCUT2D eigenvalue weighted by atomic mass is 9.98. The van der Waals surface area contributed by atoms with Gasteiger partial charge in [-0.15, -0.1) is 0 Å². The minimum Gasteiger partial charge on any atom is -0.456 e. The van der Waals surface area contributed by atoms with Crippen LogP contribution in [0.2, 0.25) is 0 Å². The van der Waals surface area contributed by atoms with Gasteiger partial charge in [0, 0.05) is 27.1 Å². The number of para-hydroxylation sites is 2. The molecule has 0 aliphatic rings. The first-order valence-corrected chi connectivity index (χ1v) is 12.0. The molecule has 0 saturated carbocycles. The van der Waals surface area contributed by atoms with Gasteiger partial charge in [-0.3, -0.25) is 0 Å². The topological polar surface area (TPSA) is 89.4 Å². The van der Waals surface area contributed by atoms with Crippen LogP contribution in [0.4, 0.5) is 0 Å². The molecular formula is C33H16N4O. The maximum atomic E-state index is 10.2. The molecule has 5 heteroatoms. The third kappa shape index (κ3) is 3.02. The Morgan fingerprint density at radius 1 is 0.553 bits per heavy atom. The van der Waals surface area contributed by atoms with Gasteiger partial charge in [0.05, 0.1) is 45.5 Å². The second-order valence-electron chi connectivity index (χ2n) is 9.15. The van der Waals surface area contributed by atoms with Crippen LogP contribution in [-0.4, -0.2) is 4.57 Å². The summed E-state index contributed by atoms with van der Waals surface area (Å²) in [6, 6.07) is 37.7. The van der Waals surface area contributed by atoms with Crippen molar-refractivity contribution < 1.29 is 4.42 Å². The summed E-state index contributed by atoms with van der Waals surface area (Å²) in [5.74, 6) is 0. The highest BCUT2D eigenvalue weighted by atomic mass is 16.3. The summed E-state index contributed by atoms with van der Waals surface area (Å²) in [7, 11) is 0. The van der Waals surface area contributed by atoms with Gasteiger partial charge in [-0.2, -0.15) is 15.8 Å². The smallest absolute Gasteiger partial charge is 0.135 e. The van der Waals surface area contributed by atoms with Crippen molar-refractivity contribution in [2.75, 3.05) is 0 Å². The van der Waals surface area contributed by atoms with Crippen molar-refractivity contribution in [2.45, 2.75) is 0 Å². The van der Waals surface area contributed by atoms with Crippen LogP contribution in [0, 0.1) is 34.0 Å². The van der Waals surface area contributed by atoms with Gasteiger partial charge >= 0.3 is 0 Å². The predicted octanol–water partition coefficient (Wildman–Crippen LogP) is 7.97. The van der Waals surface area contributed by atoms with E-state index in [9.17, 15) is 15.8 Å². The Labute approximate surface area is 217 Å². The van der Waals surface area contributed by atoms with Crippen molar-refractivity contribution in [3.05, 3.63) is 114 Å². The summed E-state index contributed by atoms with van der Waals surface area (Å²) >= 11 is 0. The number of benzene rings is 5. The minimum absolute atomic E-state index is 0.540. The molecule has 0 unspecified atom stereocenters. The standard InChI is InChI=1S/C33H16N4O/c34-17-20-8-11-30-26(14-20)25-5-1-2-7-29(25)37(30)33-23(19-36)4-3-6-24(33)22-10-13-32-28(16-22)27-15-21(18-35)9-12-31(27)38-32/h1-16H. The van der Waals surface area contributed by atoms with Crippen LogP contribution in [-0.2, 0) is 0 Å². The van der Waals surface area contributed by atoms with E-state index in [-0.39, 0.29) is 0 Å². The zero-order valence-corrected chi connectivity index (χ0v) is 19.9. The van der Waals surface area contributed by atoms with Gasteiger partial charge in [0.25, 0.3) is 0 Å². The highest BCUT2D eigenvalue weighted by molar-refractivity contribution is 6.11. The number of nitriles is 3. The second-order valence-corrected chi connectivity index (χ2v) is 9.15. The van der Waals surface area contributed by atoms with Gasteiger partial charge in [0.2, 0.25) is 0 Å². The number of furan rings is 1. The van der Waals surface area contributed by atoms with Gasteiger partial charge in [0.1, 0.15) is 17.2 Å². The first-order chi connectivity index (χ1) is 18.7. The van der Waals surface area contributed by atoms with Crippen LogP contribution in [0.25, 0.3) is 60.6 Å². The average molecular weight is 485 g/mol. The molecule has 0 aliphatic heterocycles. The molecule has 0 saturated heterocycles. The molecule has 0 radical (unpaired) electrons. The Bertz CT molecular complexity index is 2230. The third-order valence-electron chi connectivity index (χ3n) is 7.09. The SMILES string of the molecule is N#Cc1ccc2oc3ccc(-c4cccc(C#N)c4-n4c5ccccc5c5cc(C#N)ccc54)cc3c2c1. The van der Waals surface area contributed by atoms with Gasteiger partial charge in [-0.1, -0.05) is 36.4 Å². The molecule has 0 bridgehead atoms. The molecule has 5 nitrogen and oxygen atoms in total. The summed E-state index contributed by atoms with van der Waals surface area (Å²) in [4.78, 5) is 0. The molecule has 2 aromatic heterocycles. The van der Waals surface area contributed by atoms with E-state index in [4.69, 9.17) is 4.42 Å². The highest BCUT2D eigenvalue weighted by Crippen LogP contribution is 2.40. The van der Waals surface area contributed by atoms with Crippen molar-refractivity contribution in [1.82, 2.24) is 4.57 Å². The maximum Gasteiger partial charge on any atom is 0.135 e. The molecule has 0 atom stereocenters. The molecule has 0 aliphatic carbocycles. The Morgan fingerprint density at radius 2 is 1.24 bits per heavy atom. The Balaban J connectivity index is 1.57. The normalized spacial score (nSPS) is 11.1. The van der Waals surface area contributed by atoms with Crippen molar-refractivity contribution >= 4 is 43.7 Å². The van der Waals surface area contributed by atoms with E-state index in [1.54, 1.807) is 6.07 Å². The fraction of sp³-hybridized carbons (Fsp3) is 0. The molecule has 7 aromatic rings. The first-order valence-electron chi connectivity index (χ1n) is 12.0. The van der Waals surface area contributed by atoms with E-state index in [1.165, 1.54) is 0 Å². The summed E-state index contributed by atoms with van der Waals surface area (Å²) in [6.45, 7) is 0. The summed E-state index contributed by atoms with van der Waals surface area (Å²) in [5.41, 5.74) is 7.61. The van der Waals surface area contributed by atoms with Crippen molar-refractivity contribution in [2.24, 2.45) is 0 Å². The number of hydrogen-bond donors (Lipinski definition) is 0. The van der Waals surface area contributed by atoms with Crippen LogP contribution >= 0.6 is 0 Å². The predicted molar refractivity (Wildman–Crippen MR) is 148 cm³/mol. The fourth-order valence-electron chi connectivity index (χ4n) is 5.41.